The van der Waals surface area contributed by atoms with E-state index >= 15 is 0 Å². The Bertz CT molecular complexity index is 2220. The number of carboxylic acid groups (broad SMARTS) is 4. The highest BCUT2D eigenvalue weighted by Gasteiger charge is 2.65. The van der Waals surface area contributed by atoms with Crippen LogP contribution in [0.1, 0.15) is 297 Å². The SMILES string of the molecule is CC1(C)CCCC(C)(C)N1C(CCCCCCCC(=O)O)(C(=O)O)N1C(C)(C)CCCC1(C)C.CN1C(C)(C)CC(C(CCCC(Cc2cc(C(C)(C)C)c(O)c(C(C)(C)C)c2)(C(=O)O)C(=O)O)C2CC(C)(C)N(C)C(C)(C)C2)CC1(C)C. The minimum atomic E-state index is -1.97. The third kappa shape index (κ3) is 16.1. The molecule has 13 heteroatoms. The number of hydrogen-bond donors (Lipinski definition) is 5. The first-order valence-electron chi connectivity index (χ1n) is 32.3. The van der Waals surface area contributed by atoms with Crippen LogP contribution in [0.4, 0.5) is 0 Å². The summed E-state index contributed by atoms with van der Waals surface area (Å²) in [7, 11) is 4.47. The molecule has 4 saturated heterocycles. The number of unbranched alkanes of at least 4 members (excludes halogenated alkanes) is 4. The lowest BCUT2D eigenvalue weighted by atomic mass is 9.60. The van der Waals surface area contributed by atoms with Gasteiger partial charge in [0.25, 0.3) is 0 Å². The van der Waals surface area contributed by atoms with E-state index in [1.807, 2.05) is 53.7 Å². The third-order valence-electron chi connectivity index (χ3n) is 21.7. The van der Waals surface area contributed by atoms with E-state index in [9.17, 15) is 39.6 Å². The van der Waals surface area contributed by atoms with Crippen molar-refractivity contribution in [2.45, 2.75) is 348 Å². The summed E-state index contributed by atoms with van der Waals surface area (Å²) in [6.07, 6.45) is 16.8. The first-order chi connectivity index (χ1) is 37.4. The summed E-state index contributed by atoms with van der Waals surface area (Å²) >= 11 is 0. The second-order valence-corrected chi connectivity index (χ2v) is 34.1. The monoisotopic (exact) mass is 1160 g/mol. The van der Waals surface area contributed by atoms with Crippen molar-refractivity contribution < 1.29 is 44.7 Å². The summed E-state index contributed by atoms with van der Waals surface area (Å²) < 4.78 is 0. The van der Waals surface area contributed by atoms with Gasteiger partial charge in [-0.05, 0) is 273 Å². The minimum Gasteiger partial charge on any atom is -0.507 e. The number of rotatable bonds is 21. The lowest BCUT2D eigenvalue weighted by Crippen LogP contribution is -2.82. The average molecular weight is 1170 g/mol. The number of aromatic hydroxyl groups is 1. The van der Waals surface area contributed by atoms with E-state index in [4.69, 9.17) is 5.11 Å². The van der Waals surface area contributed by atoms with Gasteiger partial charge in [0.1, 0.15) is 5.75 Å². The topological polar surface area (TPSA) is 182 Å². The van der Waals surface area contributed by atoms with Crippen LogP contribution in [0.25, 0.3) is 0 Å². The van der Waals surface area contributed by atoms with Crippen molar-refractivity contribution in [3.63, 3.8) is 0 Å². The van der Waals surface area contributed by atoms with Gasteiger partial charge < -0.3 is 25.5 Å². The lowest BCUT2D eigenvalue weighted by Gasteiger charge is -2.68. The average Bonchev–Trinajstić information content (AvgIpc) is 3.28. The molecule has 0 radical (unpaired) electrons. The van der Waals surface area contributed by atoms with Gasteiger partial charge in [0.2, 0.25) is 0 Å². The zero-order chi connectivity index (χ0) is 63.9. The van der Waals surface area contributed by atoms with Gasteiger partial charge >= 0.3 is 23.9 Å². The Kier molecular flexibility index (Phi) is 22.1. The van der Waals surface area contributed by atoms with E-state index in [1.165, 1.54) is 0 Å². The molecule has 4 fully saturated rings. The van der Waals surface area contributed by atoms with Crippen LogP contribution < -0.4 is 0 Å². The molecule has 0 unspecified atom stereocenters. The van der Waals surface area contributed by atoms with Gasteiger partial charge in [0.15, 0.2) is 11.1 Å². The van der Waals surface area contributed by atoms with Crippen LogP contribution >= 0.6 is 0 Å². The van der Waals surface area contributed by atoms with E-state index < -0.39 is 45.8 Å². The number of benzene rings is 1. The van der Waals surface area contributed by atoms with Crippen LogP contribution in [0, 0.1) is 23.2 Å². The van der Waals surface area contributed by atoms with E-state index in [0.29, 0.717) is 53.7 Å². The summed E-state index contributed by atoms with van der Waals surface area (Å²) in [4.78, 5) is 60.6. The molecule has 1 aromatic rings. The highest BCUT2D eigenvalue weighted by atomic mass is 16.4. The fraction of sp³-hybridized carbons (Fsp3) is 0.857. The van der Waals surface area contributed by atoms with Crippen LogP contribution in [0.15, 0.2) is 12.1 Å². The van der Waals surface area contributed by atoms with Gasteiger partial charge in [0.05, 0.1) is 0 Å². The first kappa shape index (κ1) is 72.2. The molecule has 4 aliphatic heterocycles. The second-order valence-electron chi connectivity index (χ2n) is 34.1. The molecule has 4 heterocycles. The number of carbonyl (C=O) groups is 4. The molecule has 83 heavy (non-hydrogen) atoms. The fourth-order valence-corrected chi connectivity index (χ4v) is 17.6. The van der Waals surface area contributed by atoms with E-state index in [1.54, 1.807) is 0 Å². The maximum absolute atomic E-state index is 13.7. The number of aliphatic carboxylic acids is 4. The maximum atomic E-state index is 13.7. The normalized spacial score (nSPS) is 23.3. The molecular formula is C70H124N4O9. The molecule has 0 aliphatic carbocycles. The second kappa shape index (κ2) is 25.5. The molecule has 0 spiro atoms. The number of piperidine rings is 4. The largest absolute Gasteiger partial charge is 0.507 e. The molecule has 1 aromatic carbocycles. The van der Waals surface area contributed by atoms with Crippen molar-refractivity contribution in [1.82, 2.24) is 19.6 Å². The standard InChI is InChI=1S/C42H72N2O5.C28H52N2O4/c1-36(2,3)31-20-27(21-32(33(31)45)37(4,5)6)22-42(34(46)47,35(48)49)19-17-18-30(28-23-38(7,8)43(15)39(9,10)24-28)29-25-40(11,12)44(16)41(13,14)26-29;1-24(2)17-14-18-25(3,4)29(24)28(23(33)34,21-13-11-9-10-12-16-22(31)32)30-26(5,6)19-15-20-27(30,7)8/h20-21,28-30,45H,17-19,22-26H2,1-16H3,(H,46,47)(H,48,49);9-21H2,1-8H3,(H,31,32)(H,33,34). The number of phenolic OH excluding ortho intramolecular Hbond substituents is 1. The molecule has 0 saturated carbocycles. The molecular weight excluding hydrogens is 1040 g/mol. The number of hydrogen-bond acceptors (Lipinski definition) is 9. The Labute approximate surface area is 505 Å². The number of phenols is 1. The van der Waals surface area contributed by atoms with Gasteiger partial charge in [-0.2, -0.15) is 0 Å². The third-order valence-corrected chi connectivity index (χ3v) is 21.7. The smallest absolute Gasteiger partial charge is 0.339 e. The van der Waals surface area contributed by atoms with Gasteiger partial charge in [-0.25, -0.2) is 4.79 Å². The van der Waals surface area contributed by atoms with Crippen molar-refractivity contribution in [3.05, 3.63) is 28.8 Å². The predicted molar refractivity (Wildman–Crippen MR) is 340 cm³/mol. The molecule has 0 atom stereocenters. The Hall–Kier alpha value is -3.26. The first-order valence-corrected chi connectivity index (χ1v) is 32.3. The molecule has 5 N–H and O–H groups in total. The Morgan fingerprint density at radius 2 is 0.831 bits per heavy atom. The van der Waals surface area contributed by atoms with Gasteiger partial charge in [-0.1, -0.05) is 79.4 Å². The molecule has 0 amide bonds. The van der Waals surface area contributed by atoms with Gasteiger partial charge in [0, 0.05) is 50.7 Å². The Balaban J connectivity index is 0.000000381. The summed E-state index contributed by atoms with van der Waals surface area (Å²) in [6, 6.07) is 3.67. The van der Waals surface area contributed by atoms with Gasteiger partial charge in [-0.3, -0.25) is 34.0 Å². The fourth-order valence-electron chi connectivity index (χ4n) is 17.6. The molecule has 5 rings (SSSR count). The number of nitrogens with zero attached hydrogens (tertiary/aromatic N) is 4. The zero-order valence-corrected chi connectivity index (χ0v) is 57.4. The minimum absolute atomic E-state index is 0.0153. The lowest BCUT2D eigenvalue weighted by molar-refractivity contribution is -0.246. The summed E-state index contributed by atoms with van der Waals surface area (Å²) in [5, 5.41) is 52.8. The number of likely N-dealkylation sites (tertiary alicyclic amines) is 4. The highest BCUT2D eigenvalue weighted by Crippen LogP contribution is 2.55. The van der Waals surface area contributed by atoms with Crippen LogP contribution in [0.3, 0.4) is 0 Å². The van der Waals surface area contributed by atoms with Gasteiger partial charge in [-0.15, -0.1) is 0 Å². The molecule has 478 valence electrons. The predicted octanol–water partition coefficient (Wildman–Crippen LogP) is 15.9. The summed E-state index contributed by atoms with van der Waals surface area (Å²) in [5.74, 6) is -2.58. The van der Waals surface area contributed by atoms with Crippen LogP contribution in [-0.2, 0) is 36.4 Å². The molecule has 13 nitrogen and oxygen atoms in total. The van der Waals surface area contributed by atoms with E-state index in [2.05, 4.69) is 144 Å². The molecule has 4 aliphatic rings. The van der Waals surface area contributed by atoms with Crippen molar-refractivity contribution in [2.24, 2.45) is 23.2 Å². The van der Waals surface area contributed by atoms with Crippen LogP contribution in [-0.4, -0.2) is 133 Å². The molecule has 0 aromatic heterocycles. The Morgan fingerprint density at radius 1 is 0.494 bits per heavy atom. The van der Waals surface area contributed by atoms with Crippen LogP contribution in [0.2, 0.25) is 0 Å². The molecule has 0 bridgehead atoms. The zero-order valence-electron chi connectivity index (χ0n) is 57.4. The van der Waals surface area contributed by atoms with Crippen molar-refractivity contribution >= 4 is 23.9 Å². The highest BCUT2D eigenvalue weighted by molar-refractivity contribution is 5.98. The Morgan fingerprint density at radius 3 is 1.14 bits per heavy atom. The van der Waals surface area contributed by atoms with Crippen molar-refractivity contribution in [1.29, 1.82) is 0 Å². The van der Waals surface area contributed by atoms with Crippen molar-refractivity contribution in [3.8, 4) is 5.75 Å². The van der Waals surface area contributed by atoms with E-state index in [-0.39, 0.29) is 69.3 Å². The van der Waals surface area contributed by atoms with Crippen molar-refractivity contribution in [2.75, 3.05) is 14.1 Å². The summed E-state index contributed by atoms with van der Waals surface area (Å²) in [6.45, 7) is 48.7. The number of carboxylic acids is 4. The summed E-state index contributed by atoms with van der Waals surface area (Å²) in [5.41, 5.74) is -2.68. The maximum Gasteiger partial charge on any atom is 0.339 e. The van der Waals surface area contributed by atoms with Crippen LogP contribution in [0.5, 0.6) is 5.75 Å². The van der Waals surface area contributed by atoms with E-state index in [0.717, 1.165) is 96.3 Å². The quantitative estimate of drug-likeness (QED) is 0.0580.